The van der Waals surface area contributed by atoms with Crippen molar-refractivity contribution in [3.05, 3.63) is 206 Å². The Hall–Kier alpha value is -7.50. The molecule has 9 aromatic carbocycles. The third-order valence-electron chi connectivity index (χ3n) is 12.0. The number of hydrogen-bond donors (Lipinski definition) is 0. The van der Waals surface area contributed by atoms with Crippen molar-refractivity contribution in [2.75, 3.05) is 9.80 Å². The Morgan fingerprint density at radius 1 is 0.466 bits per heavy atom. The molecule has 3 heterocycles. The van der Waals surface area contributed by atoms with Crippen LogP contribution >= 0.6 is 0 Å². The van der Waals surface area contributed by atoms with E-state index >= 15 is 0 Å². The Morgan fingerprint density at radius 2 is 1.10 bits per heavy atom. The van der Waals surface area contributed by atoms with E-state index in [1.54, 1.807) is 0 Å². The van der Waals surface area contributed by atoms with Crippen LogP contribution in [-0.4, -0.2) is 11.3 Å². The van der Waals surface area contributed by atoms with Crippen molar-refractivity contribution in [1.82, 2.24) is 4.57 Å². The maximum Gasteiger partial charge on any atom is 0.256 e. The highest BCUT2D eigenvalue weighted by molar-refractivity contribution is 6.99. The summed E-state index contributed by atoms with van der Waals surface area (Å²) in [5, 5.41) is 4.75. The maximum absolute atomic E-state index is 7.05. The predicted molar refractivity (Wildman–Crippen MR) is 244 cm³/mol. The molecule has 5 heteroatoms. The number of ether oxygens (including phenoxy) is 1. The van der Waals surface area contributed by atoms with E-state index < -0.39 is 0 Å². The first-order valence-corrected chi connectivity index (χ1v) is 20.0. The molecule has 12 rings (SSSR count). The number of aromatic nitrogens is 1. The molecule has 0 N–H and O–H groups in total. The van der Waals surface area contributed by atoms with Gasteiger partial charge in [-0.1, -0.05) is 109 Å². The zero-order valence-electron chi connectivity index (χ0n) is 31.9. The van der Waals surface area contributed by atoms with Gasteiger partial charge < -0.3 is 19.1 Å². The van der Waals surface area contributed by atoms with Crippen LogP contribution in [0.4, 0.5) is 34.1 Å². The summed E-state index contributed by atoms with van der Waals surface area (Å²) in [5.41, 5.74) is 15.2. The number of hydrogen-bond acceptors (Lipinski definition) is 3. The van der Waals surface area contributed by atoms with Gasteiger partial charge in [0.25, 0.3) is 6.71 Å². The van der Waals surface area contributed by atoms with Gasteiger partial charge in [-0.25, -0.2) is 0 Å². The van der Waals surface area contributed by atoms with Crippen molar-refractivity contribution < 1.29 is 4.74 Å². The molecule has 2 aliphatic heterocycles. The normalized spacial score (nSPS) is 12.6. The minimum absolute atomic E-state index is 0.00148. The van der Waals surface area contributed by atoms with Crippen LogP contribution in [0.25, 0.3) is 38.3 Å². The van der Waals surface area contributed by atoms with Crippen molar-refractivity contribution in [2.45, 2.75) is 6.92 Å². The van der Waals surface area contributed by atoms with Crippen molar-refractivity contribution in [3.8, 4) is 17.2 Å². The zero-order chi connectivity index (χ0) is 38.3. The third-order valence-corrected chi connectivity index (χ3v) is 12.0. The van der Waals surface area contributed by atoms with Crippen molar-refractivity contribution >= 4 is 89.8 Å². The fraction of sp³-hybridized carbons (Fsp3) is 0.0189. The largest absolute Gasteiger partial charge is 0.458 e. The maximum atomic E-state index is 7.05. The molecule has 0 amide bonds. The SMILES string of the molecule is Cc1cc2c3c(c1)N(c1ccccc1)c1ccccc1B3c1cc3c(cc1O2)c1ccc2cc(N(c4ccccc4)c4ccccc4)ccc2c1n3-c1ccccc1. The highest BCUT2D eigenvalue weighted by Crippen LogP contribution is 2.45. The summed E-state index contributed by atoms with van der Waals surface area (Å²) in [4.78, 5) is 4.74. The molecule has 10 aromatic rings. The van der Waals surface area contributed by atoms with Gasteiger partial charge in [0.05, 0.1) is 11.0 Å². The standard InChI is InChI=1S/C53H36BN3O/c1-35-30-49-52-51(31-35)58-50-33-44-43-28-26-36-32-41(55(37-16-6-2-7-17-37)38-18-8-3-9-19-38)27-29-42(36)53(43)57(40-22-12-5-13-23-40)48(44)34-46(50)54(52)45-24-14-15-25-47(45)56(49)39-20-10-4-11-21-39/h2-34H,1H3. The monoisotopic (exact) mass is 741 g/mol. The first-order valence-electron chi connectivity index (χ1n) is 20.0. The van der Waals surface area contributed by atoms with Gasteiger partial charge in [0, 0.05) is 56.0 Å². The van der Waals surface area contributed by atoms with Crippen molar-refractivity contribution in [3.63, 3.8) is 0 Å². The lowest BCUT2D eigenvalue weighted by Crippen LogP contribution is -2.59. The van der Waals surface area contributed by atoms with Gasteiger partial charge >= 0.3 is 0 Å². The molecule has 0 spiro atoms. The quantitative estimate of drug-likeness (QED) is 0.164. The Labute approximate surface area is 337 Å². The molecule has 58 heavy (non-hydrogen) atoms. The molecule has 0 fully saturated rings. The molecular weight excluding hydrogens is 705 g/mol. The molecule has 0 unspecified atom stereocenters. The Kier molecular flexibility index (Phi) is 7.20. The summed E-state index contributed by atoms with van der Waals surface area (Å²) in [6.07, 6.45) is 0. The Morgan fingerprint density at radius 3 is 1.83 bits per heavy atom. The molecule has 0 aliphatic carbocycles. The number of nitrogens with zero attached hydrogens (tertiary/aromatic N) is 3. The fourth-order valence-electron chi connectivity index (χ4n) is 9.59. The summed E-state index contributed by atoms with van der Waals surface area (Å²) in [5.74, 6) is 1.84. The van der Waals surface area contributed by atoms with Crippen LogP contribution in [0.2, 0.25) is 0 Å². The average Bonchev–Trinajstić information content (AvgIpc) is 3.60. The van der Waals surface area contributed by atoms with Gasteiger partial charge in [-0.3, -0.25) is 0 Å². The molecule has 0 bridgehead atoms. The highest BCUT2D eigenvalue weighted by Gasteiger charge is 2.42. The molecule has 0 saturated carbocycles. The van der Waals surface area contributed by atoms with E-state index in [0.717, 1.165) is 45.5 Å². The molecule has 0 saturated heterocycles. The van der Waals surface area contributed by atoms with Crippen LogP contribution in [0.15, 0.2) is 200 Å². The summed E-state index contributed by atoms with van der Waals surface area (Å²) in [7, 11) is 0. The third kappa shape index (κ3) is 4.90. The van der Waals surface area contributed by atoms with Gasteiger partial charge in [0.1, 0.15) is 11.5 Å². The number of aryl methyl sites for hydroxylation is 1. The lowest BCUT2D eigenvalue weighted by Gasteiger charge is -2.40. The lowest BCUT2D eigenvalue weighted by molar-refractivity contribution is 0.488. The smallest absolute Gasteiger partial charge is 0.256 e. The first-order chi connectivity index (χ1) is 28.7. The summed E-state index contributed by atoms with van der Waals surface area (Å²) >= 11 is 0. The number of para-hydroxylation sites is 5. The molecule has 1 aromatic heterocycles. The van der Waals surface area contributed by atoms with Gasteiger partial charge in [-0.05, 0) is 125 Å². The molecule has 4 nitrogen and oxygen atoms in total. The van der Waals surface area contributed by atoms with Crippen molar-refractivity contribution in [1.29, 1.82) is 0 Å². The topological polar surface area (TPSA) is 20.6 Å². The van der Waals surface area contributed by atoms with Gasteiger partial charge in [-0.2, -0.15) is 0 Å². The van der Waals surface area contributed by atoms with Crippen LogP contribution < -0.4 is 30.9 Å². The predicted octanol–water partition coefficient (Wildman–Crippen LogP) is 12.1. The minimum atomic E-state index is -0.00148. The van der Waals surface area contributed by atoms with Crippen LogP contribution in [0.5, 0.6) is 11.5 Å². The number of fused-ring (bicyclic) bond motifs is 9. The second-order valence-corrected chi connectivity index (χ2v) is 15.4. The summed E-state index contributed by atoms with van der Waals surface area (Å²) < 4.78 is 9.52. The number of anilines is 6. The Bertz CT molecular complexity index is 3180. The molecule has 0 atom stereocenters. The van der Waals surface area contributed by atoms with Crippen LogP contribution in [-0.2, 0) is 0 Å². The van der Waals surface area contributed by atoms with E-state index in [2.05, 4.69) is 221 Å². The molecular formula is C53H36BN3O. The van der Waals surface area contributed by atoms with Gasteiger partial charge in [0.15, 0.2) is 0 Å². The van der Waals surface area contributed by atoms with E-state index in [4.69, 9.17) is 4.74 Å². The fourth-order valence-corrected chi connectivity index (χ4v) is 9.59. The van der Waals surface area contributed by atoms with Crippen LogP contribution in [0.1, 0.15) is 5.56 Å². The van der Waals surface area contributed by atoms with E-state index in [1.165, 1.54) is 60.4 Å². The molecule has 0 radical (unpaired) electrons. The highest BCUT2D eigenvalue weighted by atomic mass is 16.5. The number of benzene rings is 9. The first kappa shape index (κ1) is 32.7. The van der Waals surface area contributed by atoms with Crippen LogP contribution in [0, 0.1) is 6.92 Å². The molecule has 272 valence electrons. The van der Waals surface area contributed by atoms with Gasteiger partial charge in [-0.15, -0.1) is 0 Å². The van der Waals surface area contributed by atoms with E-state index in [0.29, 0.717) is 0 Å². The molecule has 2 aliphatic rings. The van der Waals surface area contributed by atoms with Gasteiger partial charge in [0.2, 0.25) is 0 Å². The van der Waals surface area contributed by atoms with Crippen molar-refractivity contribution in [2.24, 2.45) is 0 Å². The summed E-state index contributed by atoms with van der Waals surface area (Å²) in [6, 6.07) is 72.3. The number of rotatable bonds is 5. The zero-order valence-corrected chi connectivity index (χ0v) is 31.9. The average molecular weight is 742 g/mol. The lowest BCUT2D eigenvalue weighted by atomic mass is 9.34. The second-order valence-electron chi connectivity index (χ2n) is 15.4. The van der Waals surface area contributed by atoms with E-state index in [9.17, 15) is 0 Å². The summed E-state index contributed by atoms with van der Waals surface area (Å²) in [6.45, 7) is 2.17. The minimum Gasteiger partial charge on any atom is -0.458 e. The van der Waals surface area contributed by atoms with E-state index in [-0.39, 0.29) is 6.71 Å². The van der Waals surface area contributed by atoms with E-state index in [1.807, 2.05) is 0 Å². The van der Waals surface area contributed by atoms with Crippen LogP contribution in [0.3, 0.4) is 0 Å². The Balaban J connectivity index is 1.11. The second kappa shape index (κ2) is 12.8.